The molecule has 1 aromatic heterocycles. The number of para-hydroxylation sites is 5. The molecule has 0 saturated heterocycles. The molecule has 0 bridgehead atoms. The molecule has 0 radical (unpaired) electrons. The molecular formula is C57H42N2Si-. The van der Waals surface area contributed by atoms with Crippen LogP contribution in [-0.2, 0) is 5.41 Å². The number of anilines is 3. The molecule has 0 saturated carbocycles. The molecule has 2 nitrogen and oxygen atoms in total. The highest BCUT2D eigenvalue weighted by Gasteiger charge is 2.49. The van der Waals surface area contributed by atoms with E-state index in [9.17, 15) is 0 Å². The van der Waals surface area contributed by atoms with Crippen LogP contribution in [0.15, 0.2) is 218 Å². The van der Waals surface area contributed by atoms with E-state index in [1.165, 1.54) is 82.4 Å². The summed E-state index contributed by atoms with van der Waals surface area (Å²) in [5, 5.41) is 5.64. The van der Waals surface area contributed by atoms with Crippen molar-refractivity contribution >= 4 is 57.3 Å². The molecule has 0 fully saturated rings. The Morgan fingerprint density at radius 1 is 0.383 bits per heavy atom. The Balaban J connectivity index is 1.00. The molecule has 2 aliphatic rings. The molecule has 0 amide bonds. The Bertz CT molecular complexity index is 3230. The van der Waals surface area contributed by atoms with Gasteiger partial charge in [-0.3, -0.25) is 0 Å². The fourth-order valence-electron chi connectivity index (χ4n) is 10.8. The minimum absolute atomic E-state index is 0.486. The molecule has 12 rings (SSSR count). The van der Waals surface area contributed by atoms with Gasteiger partial charge in [0, 0.05) is 27.8 Å². The van der Waals surface area contributed by atoms with Gasteiger partial charge in [-0.05, 0) is 81.9 Å². The number of nitrogens with zero attached hydrogens (tertiary/aromatic N) is 2. The van der Waals surface area contributed by atoms with E-state index in [-0.39, 0.29) is 0 Å². The largest absolute Gasteiger partial charge is 0.311 e. The maximum absolute atomic E-state index is 2.56. The monoisotopic (exact) mass is 782 g/mol. The zero-order valence-electron chi connectivity index (χ0n) is 33.7. The van der Waals surface area contributed by atoms with Gasteiger partial charge in [-0.15, -0.1) is 0 Å². The average molecular weight is 783 g/mol. The van der Waals surface area contributed by atoms with E-state index >= 15 is 0 Å². The third kappa shape index (κ3) is 4.87. The van der Waals surface area contributed by atoms with Gasteiger partial charge in [0.1, 0.15) is 0 Å². The summed E-state index contributed by atoms with van der Waals surface area (Å²) in [6.07, 6.45) is 0. The summed E-state index contributed by atoms with van der Waals surface area (Å²) in [6.45, 7) is 5.09. The highest BCUT2D eigenvalue weighted by molar-refractivity contribution is 7.01. The minimum atomic E-state index is -2.11. The molecule has 285 valence electrons. The van der Waals surface area contributed by atoms with E-state index in [4.69, 9.17) is 0 Å². The highest BCUT2D eigenvalue weighted by Crippen LogP contribution is 2.55. The molecule has 2 aliphatic heterocycles. The Morgan fingerprint density at radius 3 is 1.60 bits per heavy atom. The lowest BCUT2D eigenvalue weighted by molar-refractivity contribution is 0.732. The summed E-state index contributed by atoms with van der Waals surface area (Å²) < 4.78 is 2.54. The number of hydrogen-bond acceptors (Lipinski definition) is 1. The van der Waals surface area contributed by atoms with Crippen LogP contribution in [0.5, 0.6) is 0 Å². The second kappa shape index (κ2) is 13.2. The third-order valence-electron chi connectivity index (χ3n) is 13.5. The lowest BCUT2D eigenvalue weighted by Gasteiger charge is -2.55. The van der Waals surface area contributed by atoms with Crippen LogP contribution in [0.1, 0.15) is 22.3 Å². The Morgan fingerprint density at radius 2 is 0.883 bits per heavy atom. The number of fused-ring (bicyclic) bond motifs is 11. The van der Waals surface area contributed by atoms with E-state index in [0.29, 0.717) is 0 Å². The lowest BCUT2D eigenvalue weighted by Crippen LogP contribution is -2.63. The number of rotatable bonds is 5. The first kappa shape index (κ1) is 34.8. The van der Waals surface area contributed by atoms with E-state index in [1.54, 1.807) is 0 Å². The van der Waals surface area contributed by atoms with Gasteiger partial charge in [0.2, 0.25) is 0 Å². The quantitative estimate of drug-likeness (QED) is 0.158. The zero-order valence-corrected chi connectivity index (χ0v) is 34.7. The van der Waals surface area contributed by atoms with E-state index in [2.05, 4.69) is 241 Å². The molecule has 0 N–H and O–H groups in total. The molecule has 3 heterocycles. The molecule has 60 heavy (non-hydrogen) atoms. The number of hydrogen-bond donors (Lipinski definition) is 0. The molecule has 1 spiro atoms. The summed E-state index contributed by atoms with van der Waals surface area (Å²) >= 11 is 0. The van der Waals surface area contributed by atoms with Crippen molar-refractivity contribution < 1.29 is 0 Å². The first-order chi connectivity index (χ1) is 29.5. The number of benzene rings is 9. The summed E-state index contributed by atoms with van der Waals surface area (Å²) in [4.78, 5) is 2.31. The number of aromatic nitrogens is 1. The van der Waals surface area contributed by atoms with Crippen molar-refractivity contribution in [2.45, 2.75) is 18.5 Å². The van der Waals surface area contributed by atoms with Crippen LogP contribution in [0.4, 0.5) is 17.1 Å². The van der Waals surface area contributed by atoms with Crippen LogP contribution >= 0.6 is 0 Å². The molecule has 3 heteroatoms. The van der Waals surface area contributed by atoms with Gasteiger partial charge in [-0.2, -0.15) is 23.5 Å². The molecular weight excluding hydrogens is 741 g/mol. The van der Waals surface area contributed by atoms with Crippen LogP contribution in [0.2, 0.25) is 13.1 Å². The van der Waals surface area contributed by atoms with Crippen molar-refractivity contribution in [3.8, 4) is 27.9 Å². The first-order valence-electron chi connectivity index (χ1n) is 21.0. The second-order valence-electron chi connectivity index (χ2n) is 16.9. The predicted molar refractivity (Wildman–Crippen MR) is 255 cm³/mol. The second-order valence-corrected chi connectivity index (χ2v) is 21.2. The van der Waals surface area contributed by atoms with Crippen LogP contribution in [0, 0.1) is 0 Å². The van der Waals surface area contributed by atoms with Gasteiger partial charge in [-0.1, -0.05) is 189 Å². The average Bonchev–Trinajstić information content (AvgIpc) is 3.65. The van der Waals surface area contributed by atoms with Gasteiger partial charge >= 0.3 is 0 Å². The fourth-order valence-corrected chi connectivity index (χ4v) is 13.9. The van der Waals surface area contributed by atoms with Crippen LogP contribution < -0.4 is 15.3 Å². The highest BCUT2D eigenvalue weighted by atomic mass is 28.3. The minimum Gasteiger partial charge on any atom is -0.311 e. The van der Waals surface area contributed by atoms with Crippen molar-refractivity contribution in [3.05, 3.63) is 241 Å². The van der Waals surface area contributed by atoms with Crippen molar-refractivity contribution in [1.29, 1.82) is 0 Å². The van der Waals surface area contributed by atoms with Crippen molar-refractivity contribution in [2.24, 2.45) is 0 Å². The van der Waals surface area contributed by atoms with Gasteiger partial charge in [0.25, 0.3) is 0 Å². The normalized spacial score (nSPS) is 15.7. The van der Waals surface area contributed by atoms with Gasteiger partial charge in [0.05, 0.1) is 22.1 Å². The summed E-state index contributed by atoms with van der Waals surface area (Å²) in [7, 11) is -2.11. The van der Waals surface area contributed by atoms with Crippen LogP contribution in [-0.4, -0.2) is 12.6 Å². The summed E-state index contributed by atoms with van der Waals surface area (Å²) in [5.41, 5.74) is 17.2. The Hall–Kier alpha value is -7.20. The standard InChI is InChI=1S/C57H42N2Si/c1-60(2)54-27-14-11-23-49(54)57(48-22-10-13-26-53(48)59-52-25-12-9-20-46(52)47-21-15-24-50(57)56(47)59)51-38-42(34-37-55(51)60)41-30-28-39(29-31-41)40-32-35-45(36-33-40)58(43-16-5-3-6-17-43)44-18-7-4-8-19-44/h3-38H,1-2H3/q-1. The summed E-state index contributed by atoms with van der Waals surface area (Å²) in [6, 6.07) is 81.3. The van der Waals surface area contributed by atoms with Crippen LogP contribution in [0.3, 0.4) is 0 Å². The Labute approximate surface area is 352 Å². The molecule has 0 aliphatic carbocycles. The predicted octanol–water partition coefficient (Wildman–Crippen LogP) is 13.4. The Kier molecular flexibility index (Phi) is 7.63. The molecule has 1 atom stereocenters. The first-order valence-corrected chi connectivity index (χ1v) is 24.0. The maximum Gasteiger partial charge on any atom is 0.0689 e. The fraction of sp³-hybridized carbons (Fsp3) is 0.0526. The van der Waals surface area contributed by atoms with Gasteiger partial charge in [-0.25, -0.2) is 0 Å². The van der Waals surface area contributed by atoms with E-state index < -0.39 is 13.5 Å². The maximum atomic E-state index is 2.56. The van der Waals surface area contributed by atoms with Crippen LogP contribution in [0.25, 0.3) is 49.7 Å². The SMILES string of the molecule is C[Si-]1(C)c2ccccc2C2(c3ccccc3-n3c4ccccc4c4cccc2c43)c2cc(-c3ccc(-c4ccc(N(c5ccccc5)c5ccccc5)cc4)cc3)ccc21. The zero-order chi connectivity index (χ0) is 40.0. The molecule has 9 aromatic carbocycles. The van der Waals surface area contributed by atoms with Crippen molar-refractivity contribution in [3.63, 3.8) is 0 Å². The topological polar surface area (TPSA) is 8.17 Å². The van der Waals surface area contributed by atoms with E-state index in [1.807, 2.05) is 0 Å². The molecule has 10 aromatic rings. The third-order valence-corrected chi connectivity index (χ3v) is 17.0. The van der Waals surface area contributed by atoms with Crippen molar-refractivity contribution in [2.75, 3.05) is 4.90 Å². The van der Waals surface area contributed by atoms with Gasteiger partial charge < -0.3 is 9.47 Å². The smallest absolute Gasteiger partial charge is 0.0689 e. The molecule has 1 unspecified atom stereocenters. The van der Waals surface area contributed by atoms with E-state index in [0.717, 1.165) is 17.1 Å². The summed E-state index contributed by atoms with van der Waals surface area (Å²) in [5.74, 6) is 0. The van der Waals surface area contributed by atoms with Gasteiger partial charge in [0.15, 0.2) is 0 Å². The van der Waals surface area contributed by atoms with Crippen molar-refractivity contribution in [1.82, 2.24) is 4.57 Å². The lowest BCUT2D eigenvalue weighted by atomic mass is 9.62.